The lowest BCUT2D eigenvalue weighted by Crippen LogP contribution is -2.56. The molecule has 2 atom stereocenters. The van der Waals surface area contributed by atoms with Gasteiger partial charge < -0.3 is 16.0 Å². The highest BCUT2D eigenvalue weighted by Gasteiger charge is 2.24. The lowest BCUT2D eigenvalue weighted by Gasteiger charge is -2.37. The molecule has 1 rings (SSSR count). The second-order valence-corrected chi connectivity index (χ2v) is 5.41. The molecule has 1 fully saturated rings. The van der Waals surface area contributed by atoms with Crippen molar-refractivity contribution in [2.75, 3.05) is 40.3 Å². The summed E-state index contributed by atoms with van der Waals surface area (Å²) in [5, 5.41) is 2.95. The SMILES string of the molecule is CC(C)[C@H](N)C(=O)NCC1CN(C)CCN1C.Cl.Cl.Cl. The highest BCUT2D eigenvalue weighted by atomic mass is 35.5. The number of amides is 1. The zero-order valence-electron chi connectivity index (χ0n) is 12.7. The lowest BCUT2D eigenvalue weighted by atomic mass is 10.0. The minimum atomic E-state index is -0.401. The molecule has 3 N–H and O–H groups in total. The van der Waals surface area contributed by atoms with Crippen molar-refractivity contribution in [2.45, 2.75) is 25.9 Å². The summed E-state index contributed by atoms with van der Waals surface area (Å²) in [5.41, 5.74) is 5.80. The fourth-order valence-electron chi connectivity index (χ4n) is 1.96. The van der Waals surface area contributed by atoms with Crippen LogP contribution in [0.1, 0.15) is 13.8 Å². The van der Waals surface area contributed by atoms with Gasteiger partial charge in [0.05, 0.1) is 6.04 Å². The third-order valence-electron chi connectivity index (χ3n) is 3.51. The Hall–Kier alpha value is 0.220. The minimum absolute atomic E-state index is 0. The third kappa shape index (κ3) is 7.86. The van der Waals surface area contributed by atoms with Gasteiger partial charge in [-0.1, -0.05) is 13.8 Å². The molecule has 0 bridgehead atoms. The highest BCUT2D eigenvalue weighted by Crippen LogP contribution is 2.05. The average molecular weight is 352 g/mol. The van der Waals surface area contributed by atoms with E-state index in [9.17, 15) is 4.79 Å². The van der Waals surface area contributed by atoms with Crippen LogP contribution in [-0.2, 0) is 4.79 Å². The fourth-order valence-corrected chi connectivity index (χ4v) is 1.96. The number of carbonyl (C=O) groups excluding carboxylic acids is 1. The molecule has 0 spiro atoms. The molecule has 0 aromatic heterocycles. The number of nitrogens with two attached hydrogens (primary N) is 1. The standard InChI is InChI=1S/C12H26N4O.3ClH/c1-9(2)11(13)12(17)14-7-10-8-15(3)5-6-16(10)4;;;/h9-11H,5-8,13H2,1-4H3,(H,14,17);3*1H/t10?,11-;;;/m0.../s1. The molecule has 124 valence electrons. The number of carbonyl (C=O) groups is 1. The van der Waals surface area contributed by atoms with E-state index in [1.54, 1.807) is 0 Å². The zero-order valence-corrected chi connectivity index (χ0v) is 15.1. The van der Waals surface area contributed by atoms with E-state index < -0.39 is 6.04 Å². The molecule has 0 aromatic rings. The van der Waals surface area contributed by atoms with Gasteiger partial charge in [0.1, 0.15) is 0 Å². The predicted molar refractivity (Wildman–Crippen MR) is 91.5 cm³/mol. The van der Waals surface area contributed by atoms with Crippen LogP contribution in [0.2, 0.25) is 0 Å². The lowest BCUT2D eigenvalue weighted by molar-refractivity contribution is -0.123. The van der Waals surface area contributed by atoms with Gasteiger partial charge in [0, 0.05) is 32.2 Å². The number of hydrogen-bond acceptors (Lipinski definition) is 4. The van der Waals surface area contributed by atoms with Gasteiger partial charge in [0.15, 0.2) is 0 Å². The monoisotopic (exact) mass is 350 g/mol. The maximum Gasteiger partial charge on any atom is 0.237 e. The zero-order chi connectivity index (χ0) is 13.0. The Balaban J connectivity index is -0.000000963. The molecule has 0 saturated carbocycles. The third-order valence-corrected chi connectivity index (χ3v) is 3.51. The summed E-state index contributed by atoms with van der Waals surface area (Å²) in [7, 11) is 4.22. The number of likely N-dealkylation sites (N-methyl/N-ethyl adjacent to an activating group) is 2. The van der Waals surface area contributed by atoms with Gasteiger partial charge >= 0.3 is 0 Å². The van der Waals surface area contributed by atoms with Crippen molar-refractivity contribution in [2.24, 2.45) is 11.7 Å². The van der Waals surface area contributed by atoms with Crippen LogP contribution in [0.15, 0.2) is 0 Å². The minimum Gasteiger partial charge on any atom is -0.353 e. The topological polar surface area (TPSA) is 61.6 Å². The van der Waals surface area contributed by atoms with Crippen molar-refractivity contribution in [3.8, 4) is 0 Å². The van der Waals surface area contributed by atoms with Gasteiger partial charge in [-0.15, -0.1) is 37.2 Å². The van der Waals surface area contributed by atoms with Crippen LogP contribution >= 0.6 is 37.2 Å². The smallest absolute Gasteiger partial charge is 0.237 e. The molecule has 1 unspecified atom stereocenters. The van der Waals surface area contributed by atoms with Gasteiger partial charge in [-0.2, -0.15) is 0 Å². The van der Waals surface area contributed by atoms with Crippen molar-refractivity contribution < 1.29 is 4.79 Å². The van der Waals surface area contributed by atoms with Gasteiger partial charge in [0.2, 0.25) is 5.91 Å². The van der Waals surface area contributed by atoms with Gasteiger partial charge in [-0.25, -0.2) is 0 Å². The summed E-state index contributed by atoms with van der Waals surface area (Å²) in [6.07, 6.45) is 0. The van der Waals surface area contributed by atoms with Crippen molar-refractivity contribution in [3.05, 3.63) is 0 Å². The first kappa shape index (κ1) is 25.2. The fraction of sp³-hybridized carbons (Fsp3) is 0.917. The Morgan fingerprint density at radius 2 is 1.80 bits per heavy atom. The summed E-state index contributed by atoms with van der Waals surface area (Å²) in [6.45, 7) is 7.74. The predicted octanol–water partition coefficient (Wildman–Crippen LogP) is 0.597. The number of piperazine rings is 1. The van der Waals surface area contributed by atoms with Gasteiger partial charge in [-0.05, 0) is 20.0 Å². The van der Waals surface area contributed by atoms with E-state index in [4.69, 9.17) is 5.73 Å². The number of halogens is 3. The molecule has 0 aromatic carbocycles. The van der Waals surface area contributed by atoms with Crippen molar-refractivity contribution in [1.29, 1.82) is 0 Å². The van der Waals surface area contributed by atoms with Crippen LogP contribution in [-0.4, -0.2) is 68.1 Å². The molecule has 1 aliphatic rings. The largest absolute Gasteiger partial charge is 0.353 e. The van der Waals surface area contributed by atoms with Crippen LogP contribution < -0.4 is 11.1 Å². The number of nitrogens with zero attached hydrogens (tertiary/aromatic N) is 2. The van der Waals surface area contributed by atoms with E-state index in [2.05, 4.69) is 29.2 Å². The first-order valence-corrected chi connectivity index (χ1v) is 6.34. The van der Waals surface area contributed by atoms with Crippen LogP contribution in [0.5, 0.6) is 0 Å². The Morgan fingerprint density at radius 3 is 2.30 bits per heavy atom. The number of nitrogens with one attached hydrogen (secondary N) is 1. The highest BCUT2D eigenvalue weighted by molar-refractivity contribution is 5.86. The van der Waals surface area contributed by atoms with E-state index in [1.165, 1.54) is 0 Å². The van der Waals surface area contributed by atoms with Crippen molar-refractivity contribution in [1.82, 2.24) is 15.1 Å². The Kier molecular flexibility index (Phi) is 14.9. The van der Waals surface area contributed by atoms with Crippen LogP contribution in [0.4, 0.5) is 0 Å². The number of rotatable bonds is 4. The summed E-state index contributed by atoms with van der Waals surface area (Å²) >= 11 is 0. The summed E-state index contributed by atoms with van der Waals surface area (Å²) < 4.78 is 0. The summed E-state index contributed by atoms with van der Waals surface area (Å²) in [5.74, 6) is 0.142. The van der Waals surface area contributed by atoms with Crippen molar-refractivity contribution >= 4 is 43.1 Å². The molecule has 1 amide bonds. The first-order valence-electron chi connectivity index (χ1n) is 6.34. The normalized spacial score (nSPS) is 21.2. The molecule has 1 heterocycles. The summed E-state index contributed by atoms with van der Waals surface area (Å²) in [6, 6.07) is -0.0151. The molecule has 8 heteroatoms. The molecular weight excluding hydrogens is 323 g/mol. The Labute approximate surface area is 141 Å². The molecule has 20 heavy (non-hydrogen) atoms. The molecule has 0 radical (unpaired) electrons. The van der Waals surface area contributed by atoms with Crippen LogP contribution in [0.25, 0.3) is 0 Å². The Morgan fingerprint density at radius 1 is 1.25 bits per heavy atom. The molecule has 5 nitrogen and oxygen atoms in total. The van der Waals surface area contributed by atoms with E-state index >= 15 is 0 Å². The molecule has 1 aliphatic heterocycles. The van der Waals surface area contributed by atoms with Gasteiger partial charge in [0.25, 0.3) is 0 Å². The maximum atomic E-state index is 11.7. The van der Waals surface area contributed by atoms with Crippen LogP contribution in [0.3, 0.4) is 0 Å². The molecule has 1 saturated heterocycles. The first-order chi connectivity index (χ1) is 7.91. The summed E-state index contributed by atoms with van der Waals surface area (Å²) in [4.78, 5) is 16.3. The van der Waals surface area contributed by atoms with E-state index in [0.717, 1.165) is 19.6 Å². The molecule has 0 aliphatic carbocycles. The quantitative estimate of drug-likeness (QED) is 0.778. The Bertz CT molecular complexity index is 269. The van der Waals surface area contributed by atoms with Crippen LogP contribution in [0, 0.1) is 5.92 Å². The van der Waals surface area contributed by atoms with E-state index in [0.29, 0.717) is 12.6 Å². The molecular formula is C12H29Cl3N4O. The number of hydrogen-bond donors (Lipinski definition) is 2. The van der Waals surface area contributed by atoms with Crippen molar-refractivity contribution in [3.63, 3.8) is 0 Å². The van der Waals surface area contributed by atoms with Gasteiger partial charge in [-0.3, -0.25) is 9.69 Å². The second kappa shape index (κ2) is 11.8. The van der Waals surface area contributed by atoms with E-state index in [1.807, 2.05) is 13.8 Å². The average Bonchev–Trinajstić information content (AvgIpc) is 2.28. The van der Waals surface area contributed by atoms with E-state index in [-0.39, 0.29) is 49.0 Å². The second-order valence-electron chi connectivity index (χ2n) is 5.41. The maximum absolute atomic E-state index is 11.7.